The number of aliphatic hydroxyl groups excluding tert-OH is 1. The maximum atomic E-state index is 11.3. The zero-order valence-corrected chi connectivity index (χ0v) is 10.9. The molecule has 0 aliphatic rings. The molecule has 96 valence electrons. The first-order chi connectivity index (χ1) is 8.58. The van der Waals surface area contributed by atoms with Crippen molar-refractivity contribution in [3.63, 3.8) is 0 Å². The van der Waals surface area contributed by atoms with Gasteiger partial charge in [-0.25, -0.2) is 0 Å². The van der Waals surface area contributed by atoms with Gasteiger partial charge in [-0.3, -0.25) is 4.79 Å². The summed E-state index contributed by atoms with van der Waals surface area (Å²) in [7, 11) is 0. The van der Waals surface area contributed by atoms with Gasteiger partial charge in [-0.15, -0.1) is 11.3 Å². The van der Waals surface area contributed by atoms with Gasteiger partial charge < -0.3 is 16.2 Å². The Labute approximate surface area is 109 Å². The molecule has 4 N–H and O–H groups in total. The quantitative estimate of drug-likeness (QED) is 0.781. The number of fused-ring (bicyclic) bond motifs is 1. The predicted octanol–water partition coefficient (Wildman–Crippen LogP) is 1.40. The lowest BCUT2D eigenvalue weighted by atomic mass is 10.2. The topological polar surface area (TPSA) is 75.4 Å². The molecule has 2 atom stereocenters. The van der Waals surface area contributed by atoms with Gasteiger partial charge in [0, 0.05) is 16.1 Å². The summed E-state index contributed by atoms with van der Waals surface area (Å²) < 4.78 is 1.13. The van der Waals surface area contributed by atoms with Crippen molar-refractivity contribution in [1.29, 1.82) is 0 Å². The van der Waals surface area contributed by atoms with Crippen LogP contribution in [0, 0.1) is 0 Å². The minimum Gasteiger partial charge on any atom is -0.386 e. The lowest BCUT2D eigenvalue weighted by Gasteiger charge is -2.11. The molecule has 2 aromatic rings. The summed E-state index contributed by atoms with van der Waals surface area (Å²) in [6.45, 7) is 1.80. The van der Waals surface area contributed by atoms with Crippen LogP contribution in [0.4, 0.5) is 0 Å². The van der Waals surface area contributed by atoms with Crippen LogP contribution in [0.2, 0.25) is 0 Å². The number of benzene rings is 1. The number of nitrogens with two attached hydrogens (primary N) is 1. The fourth-order valence-electron chi connectivity index (χ4n) is 1.63. The van der Waals surface area contributed by atoms with Gasteiger partial charge in [0.1, 0.15) is 6.10 Å². The van der Waals surface area contributed by atoms with Crippen LogP contribution >= 0.6 is 11.3 Å². The van der Waals surface area contributed by atoms with Gasteiger partial charge in [-0.1, -0.05) is 18.2 Å². The molecule has 0 aliphatic carbocycles. The molecule has 4 nitrogen and oxygen atoms in total. The minimum atomic E-state index is -0.690. The molecule has 0 saturated carbocycles. The lowest BCUT2D eigenvalue weighted by Crippen LogP contribution is -2.40. The monoisotopic (exact) mass is 264 g/mol. The Bertz CT molecular complexity index is 518. The Morgan fingerprint density at radius 1 is 1.50 bits per heavy atom. The van der Waals surface area contributed by atoms with Gasteiger partial charge in [-0.2, -0.15) is 0 Å². The zero-order chi connectivity index (χ0) is 13.1. The Morgan fingerprint density at radius 2 is 2.22 bits per heavy atom. The maximum Gasteiger partial charge on any atom is 0.236 e. The number of carbonyl (C=O) groups is 1. The first-order valence-corrected chi connectivity index (χ1v) is 6.59. The van der Waals surface area contributed by atoms with Crippen LogP contribution in [-0.2, 0) is 4.79 Å². The van der Waals surface area contributed by atoms with Gasteiger partial charge >= 0.3 is 0 Å². The molecule has 0 bridgehead atoms. The highest BCUT2D eigenvalue weighted by atomic mass is 32.1. The summed E-state index contributed by atoms with van der Waals surface area (Å²) in [5, 5.41) is 13.7. The van der Waals surface area contributed by atoms with E-state index in [0.717, 1.165) is 15.0 Å². The van der Waals surface area contributed by atoms with Gasteiger partial charge in [0.15, 0.2) is 0 Å². The fourth-order valence-corrected chi connectivity index (χ4v) is 2.68. The molecule has 18 heavy (non-hydrogen) atoms. The van der Waals surface area contributed by atoms with Gasteiger partial charge in [0.25, 0.3) is 0 Å². The molecular weight excluding hydrogens is 248 g/mol. The van der Waals surface area contributed by atoms with Crippen molar-refractivity contribution >= 4 is 27.3 Å². The van der Waals surface area contributed by atoms with Crippen LogP contribution in [0.15, 0.2) is 30.3 Å². The summed E-state index contributed by atoms with van der Waals surface area (Å²) in [6, 6.07) is 9.33. The number of nitrogens with one attached hydrogen (secondary N) is 1. The number of aliphatic hydroxyl groups is 1. The SMILES string of the molecule is C[C@H](N)C(=O)NCC(O)c1cc2ccccc2s1. The summed E-state index contributed by atoms with van der Waals surface area (Å²) in [4.78, 5) is 12.2. The molecule has 1 unspecified atom stereocenters. The van der Waals surface area contributed by atoms with E-state index in [4.69, 9.17) is 5.73 Å². The van der Waals surface area contributed by atoms with E-state index in [1.165, 1.54) is 11.3 Å². The van der Waals surface area contributed by atoms with Crippen molar-refractivity contribution in [3.8, 4) is 0 Å². The third-order valence-electron chi connectivity index (χ3n) is 2.66. The fraction of sp³-hybridized carbons (Fsp3) is 0.308. The minimum absolute atomic E-state index is 0.188. The number of thiophene rings is 1. The molecule has 1 amide bonds. The predicted molar refractivity (Wildman–Crippen MR) is 73.4 cm³/mol. The molecule has 0 saturated heterocycles. The van der Waals surface area contributed by atoms with Crippen LogP contribution in [0.5, 0.6) is 0 Å². The third-order valence-corrected chi connectivity index (χ3v) is 3.87. The zero-order valence-electron chi connectivity index (χ0n) is 10.1. The van der Waals surface area contributed by atoms with Crippen molar-refractivity contribution in [2.45, 2.75) is 19.1 Å². The Hall–Kier alpha value is -1.43. The van der Waals surface area contributed by atoms with E-state index in [2.05, 4.69) is 5.32 Å². The van der Waals surface area contributed by atoms with Crippen LogP contribution in [0.1, 0.15) is 17.9 Å². The smallest absolute Gasteiger partial charge is 0.236 e. The Morgan fingerprint density at radius 3 is 2.89 bits per heavy atom. The molecular formula is C13H16N2O2S. The van der Waals surface area contributed by atoms with Crippen LogP contribution in [-0.4, -0.2) is 23.6 Å². The van der Waals surface area contributed by atoms with Gasteiger partial charge in [0.05, 0.1) is 6.04 Å². The van der Waals surface area contributed by atoms with Crippen molar-refractivity contribution in [1.82, 2.24) is 5.32 Å². The number of amides is 1. The van der Waals surface area contributed by atoms with Gasteiger partial charge in [-0.05, 0) is 24.4 Å². The average Bonchev–Trinajstić information content (AvgIpc) is 2.79. The van der Waals surface area contributed by atoms with E-state index >= 15 is 0 Å². The standard InChI is InChI=1S/C13H16N2O2S/c1-8(14)13(17)15-7-10(16)12-6-9-4-2-3-5-11(9)18-12/h2-6,8,10,16H,7,14H2,1H3,(H,15,17)/t8-,10?/m0/s1. The van der Waals surface area contributed by atoms with Crippen molar-refractivity contribution < 1.29 is 9.90 Å². The maximum absolute atomic E-state index is 11.3. The number of hydrogen-bond acceptors (Lipinski definition) is 4. The number of hydrogen-bond donors (Lipinski definition) is 3. The highest BCUT2D eigenvalue weighted by Gasteiger charge is 2.14. The molecule has 0 radical (unpaired) electrons. The van der Waals surface area contributed by atoms with Crippen LogP contribution < -0.4 is 11.1 Å². The van der Waals surface area contributed by atoms with E-state index in [9.17, 15) is 9.90 Å². The highest BCUT2D eigenvalue weighted by Crippen LogP contribution is 2.29. The van der Waals surface area contributed by atoms with Crippen molar-refractivity contribution in [2.24, 2.45) is 5.73 Å². The highest BCUT2D eigenvalue weighted by molar-refractivity contribution is 7.19. The number of rotatable bonds is 4. The molecule has 0 spiro atoms. The summed E-state index contributed by atoms with van der Waals surface area (Å²) in [5.41, 5.74) is 5.43. The normalized spacial score (nSPS) is 14.4. The van der Waals surface area contributed by atoms with E-state index in [0.29, 0.717) is 0 Å². The van der Waals surface area contributed by atoms with Crippen molar-refractivity contribution in [2.75, 3.05) is 6.54 Å². The van der Waals surface area contributed by atoms with E-state index in [1.807, 2.05) is 30.3 Å². The summed E-state index contributed by atoms with van der Waals surface area (Å²) in [6.07, 6.45) is -0.690. The van der Waals surface area contributed by atoms with E-state index in [1.54, 1.807) is 6.92 Å². The second-order valence-electron chi connectivity index (χ2n) is 4.24. The average molecular weight is 264 g/mol. The largest absolute Gasteiger partial charge is 0.386 e. The summed E-state index contributed by atoms with van der Waals surface area (Å²) in [5.74, 6) is -0.254. The van der Waals surface area contributed by atoms with Gasteiger partial charge in [0.2, 0.25) is 5.91 Å². The molecule has 0 aliphatic heterocycles. The molecule has 5 heteroatoms. The van der Waals surface area contributed by atoms with Crippen molar-refractivity contribution in [3.05, 3.63) is 35.2 Å². The summed E-state index contributed by atoms with van der Waals surface area (Å²) >= 11 is 1.53. The second-order valence-corrected chi connectivity index (χ2v) is 5.35. The molecule has 1 aromatic carbocycles. The molecule has 2 rings (SSSR count). The first-order valence-electron chi connectivity index (χ1n) is 5.78. The van der Waals surface area contributed by atoms with Crippen LogP contribution in [0.25, 0.3) is 10.1 Å². The van der Waals surface area contributed by atoms with Crippen LogP contribution in [0.3, 0.4) is 0 Å². The first kappa shape index (κ1) is 13.0. The van der Waals surface area contributed by atoms with E-state index < -0.39 is 12.1 Å². The number of carbonyl (C=O) groups excluding carboxylic acids is 1. The Balaban J connectivity index is 2.04. The molecule has 0 fully saturated rings. The lowest BCUT2D eigenvalue weighted by molar-refractivity contribution is -0.122. The molecule has 1 aromatic heterocycles. The Kier molecular flexibility index (Phi) is 3.96. The second kappa shape index (κ2) is 5.48. The molecule has 1 heterocycles. The van der Waals surface area contributed by atoms with E-state index in [-0.39, 0.29) is 12.5 Å². The third kappa shape index (κ3) is 2.87.